The third-order valence-electron chi connectivity index (χ3n) is 7.47. The largest absolute Gasteiger partial charge is 0.276 e. The van der Waals surface area contributed by atoms with Crippen LogP contribution in [0.15, 0.2) is 0 Å². The van der Waals surface area contributed by atoms with Gasteiger partial charge in [-0.1, -0.05) is 12.8 Å². The maximum Gasteiger partial charge on any atom is 0.234 e. The first kappa shape index (κ1) is 29.0. The summed E-state index contributed by atoms with van der Waals surface area (Å²) in [6, 6.07) is 0. The molecule has 0 spiro atoms. The van der Waals surface area contributed by atoms with Crippen LogP contribution in [0.5, 0.6) is 0 Å². The van der Waals surface area contributed by atoms with Crippen molar-refractivity contribution in [1.29, 1.82) is 0 Å². The molecule has 8 heteroatoms. The lowest BCUT2D eigenvalue weighted by Crippen LogP contribution is -2.60. The van der Waals surface area contributed by atoms with Crippen molar-refractivity contribution >= 4 is 12.8 Å². The predicted octanol–water partition coefficient (Wildman–Crippen LogP) is 5.24. The summed E-state index contributed by atoms with van der Waals surface area (Å²) in [5.41, 5.74) is -0.449. The Morgan fingerprint density at radius 1 is 0.588 bits per heavy atom. The third-order valence-corrected chi connectivity index (χ3v) is 7.47. The molecule has 0 aliphatic carbocycles. The van der Waals surface area contributed by atoms with Crippen LogP contribution < -0.4 is 0 Å². The Hall–Kier alpha value is -1.22. The van der Waals surface area contributed by atoms with Crippen molar-refractivity contribution in [3.05, 3.63) is 0 Å². The molecular weight excluding hydrogens is 432 g/mol. The quantitative estimate of drug-likeness (QED) is 0.203. The van der Waals surface area contributed by atoms with Crippen molar-refractivity contribution in [3.63, 3.8) is 0 Å². The van der Waals surface area contributed by atoms with Gasteiger partial charge in [-0.25, -0.2) is 10.1 Å². The van der Waals surface area contributed by atoms with Crippen LogP contribution in [0.25, 0.3) is 0 Å². The molecule has 2 fully saturated rings. The Morgan fingerprint density at radius 2 is 0.882 bits per heavy atom. The highest BCUT2D eigenvalue weighted by Gasteiger charge is 2.45. The average Bonchev–Trinajstić information content (AvgIpc) is 2.71. The number of carbonyl (C=O) groups is 2. The van der Waals surface area contributed by atoms with E-state index in [0.717, 1.165) is 77.0 Å². The lowest BCUT2D eigenvalue weighted by atomic mass is 9.82. The maximum absolute atomic E-state index is 11.7. The predicted molar refractivity (Wildman–Crippen MR) is 134 cm³/mol. The van der Waals surface area contributed by atoms with Crippen molar-refractivity contribution in [3.8, 4) is 0 Å². The molecule has 0 bridgehead atoms. The molecule has 0 saturated carbocycles. The summed E-state index contributed by atoms with van der Waals surface area (Å²) in [5, 5.41) is 6.86. The smallest absolute Gasteiger partial charge is 0.234 e. The van der Waals surface area contributed by atoms with Crippen LogP contribution in [0, 0.1) is 0 Å². The van der Waals surface area contributed by atoms with Gasteiger partial charge in [0, 0.05) is 22.2 Å². The summed E-state index contributed by atoms with van der Waals surface area (Å²) in [7, 11) is 0. The number of hydrogen-bond donors (Lipinski definition) is 0. The second kappa shape index (κ2) is 11.7. The molecule has 0 aromatic carbocycles. The van der Waals surface area contributed by atoms with E-state index in [0.29, 0.717) is 13.1 Å². The molecule has 2 aliphatic rings. The van der Waals surface area contributed by atoms with Gasteiger partial charge in [0.2, 0.25) is 12.8 Å². The van der Waals surface area contributed by atoms with E-state index in [9.17, 15) is 9.59 Å². The molecule has 34 heavy (non-hydrogen) atoms. The number of unbranched alkanes of at least 4 members (excludes halogenated alkanes) is 3. The van der Waals surface area contributed by atoms with E-state index in [2.05, 4.69) is 55.4 Å². The van der Waals surface area contributed by atoms with E-state index in [1.165, 1.54) is 10.1 Å². The first-order valence-electron chi connectivity index (χ1n) is 13.2. The van der Waals surface area contributed by atoms with Crippen molar-refractivity contribution in [2.75, 3.05) is 13.1 Å². The monoisotopic (exact) mass is 482 g/mol. The summed E-state index contributed by atoms with van der Waals surface area (Å²) in [6.07, 6.45) is 11.7. The normalized spacial score (nSPS) is 23.9. The van der Waals surface area contributed by atoms with Crippen LogP contribution in [-0.4, -0.2) is 68.3 Å². The maximum atomic E-state index is 11.7. The number of nitrogens with zero attached hydrogens (tertiary/aromatic N) is 4. The standard InChI is InChI=1S/C26H50N4O4/c1-23(2)15-13-16-24(3,4)29(23)33-27(21-31)19-11-9-10-12-20-28(22-32)34-30-25(5,6)17-14-18-26(30,7)8/h21-22H,9-20H2,1-8H3. The number of hydroxylamine groups is 8. The Balaban J connectivity index is 1.74. The molecule has 2 heterocycles. The van der Waals surface area contributed by atoms with E-state index in [4.69, 9.17) is 9.88 Å². The van der Waals surface area contributed by atoms with E-state index < -0.39 is 0 Å². The first-order chi connectivity index (χ1) is 15.7. The topological polar surface area (TPSA) is 65.6 Å². The lowest BCUT2D eigenvalue weighted by molar-refractivity contribution is -0.376. The van der Waals surface area contributed by atoms with Crippen LogP contribution in [0.1, 0.15) is 120 Å². The minimum absolute atomic E-state index is 0.112. The molecule has 0 unspecified atom stereocenters. The van der Waals surface area contributed by atoms with Crippen LogP contribution in [0.4, 0.5) is 0 Å². The minimum Gasteiger partial charge on any atom is -0.276 e. The Morgan fingerprint density at radius 3 is 1.15 bits per heavy atom. The van der Waals surface area contributed by atoms with Gasteiger partial charge in [0.25, 0.3) is 0 Å². The summed E-state index contributed by atoms with van der Waals surface area (Å²) >= 11 is 0. The van der Waals surface area contributed by atoms with Crippen molar-refractivity contribution in [1.82, 2.24) is 20.3 Å². The van der Waals surface area contributed by atoms with Crippen molar-refractivity contribution in [2.45, 2.75) is 142 Å². The zero-order valence-electron chi connectivity index (χ0n) is 23.1. The first-order valence-corrected chi connectivity index (χ1v) is 13.2. The minimum atomic E-state index is -0.112. The van der Waals surface area contributed by atoms with Gasteiger partial charge < -0.3 is 0 Å². The third kappa shape index (κ3) is 7.64. The molecule has 2 saturated heterocycles. The summed E-state index contributed by atoms with van der Waals surface area (Å²) in [5.74, 6) is 0. The SMILES string of the molecule is CC1(C)CCCC(C)(C)N1ON(C=O)CCCCCCN(C=O)ON1C(C)(C)CCCC1(C)C. The van der Waals surface area contributed by atoms with Gasteiger partial charge >= 0.3 is 0 Å². The molecule has 0 aromatic heterocycles. The molecule has 0 radical (unpaired) electrons. The Kier molecular flexibility index (Phi) is 9.96. The molecule has 2 amide bonds. The highest BCUT2D eigenvalue weighted by molar-refractivity contribution is 5.45. The fourth-order valence-corrected chi connectivity index (χ4v) is 5.72. The second-order valence-electron chi connectivity index (χ2n) is 12.6. The van der Waals surface area contributed by atoms with Gasteiger partial charge in [-0.05, 0) is 107 Å². The zero-order chi connectivity index (χ0) is 25.6. The van der Waals surface area contributed by atoms with Crippen LogP contribution in [0.3, 0.4) is 0 Å². The van der Waals surface area contributed by atoms with E-state index in [1.54, 1.807) is 0 Å². The van der Waals surface area contributed by atoms with Crippen LogP contribution in [0.2, 0.25) is 0 Å². The number of carbonyl (C=O) groups excluding carboxylic acids is 2. The summed E-state index contributed by atoms with van der Waals surface area (Å²) < 4.78 is 0. The summed E-state index contributed by atoms with van der Waals surface area (Å²) in [4.78, 5) is 35.5. The van der Waals surface area contributed by atoms with Gasteiger partial charge in [0.15, 0.2) is 0 Å². The molecule has 198 valence electrons. The molecule has 8 nitrogen and oxygen atoms in total. The Bertz CT molecular complexity index is 577. The van der Waals surface area contributed by atoms with Crippen LogP contribution in [-0.2, 0) is 19.5 Å². The number of piperidine rings is 2. The molecule has 0 atom stereocenters. The molecule has 0 aromatic rings. The molecule has 2 aliphatic heterocycles. The fourth-order valence-electron chi connectivity index (χ4n) is 5.72. The van der Waals surface area contributed by atoms with Gasteiger partial charge in [0.05, 0.1) is 13.1 Å². The zero-order valence-corrected chi connectivity index (χ0v) is 23.1. The number of hydrogen-bond acceptors (Lipinski definition) is 6. The van der Waals surface area contributed by atoms with Gasteiger partial charge in [-0.2, -0.15) is 20.0 Å². The van der Waals surface area contributed by atoms with E-state index >= 15 is 0 Å². The van der Waals surface area contributed by atoms with Crippen molar-refractivity contribution in [2.24, 2.45) is 0 Å². The fraction of sp³-hybridized carbons (Fsp3) is 0.923. The van der Waals surface area contributed by atoms with Gasteiger partial charge in [-0.3, -0.25) is 9.59 Å². The van der Waals surface area contributed by atoms with E-state index in [-0.39, 0.29) is 22.2 Å². The average molecular weight is 483 g/mol. The summed E-state index contributed by atoms with van der Waals surface area (Å²) in [6.45, 7) is 18.5. The number of rotatable bonds is 13. The molecule has 0 N–H and O–H groups in total. The number of amides is 2. The highest BCUT2D eigenvalue weighted by Crippen LogP contribution is 2.39. The van der Waals surface area contributed by atoms with E-state index in [1.807, 2.05) is 10.1 Å². The van der Waals surface area contributed by atoms with Gasteiger partial charge in [-0.15, -0.1) is 0 Å². The van der Waals surface area contributed by atoms with Crippen molar-refractivity contribution < 1.29 is 19.5 Å². The van der Waals surface area contributed by atoms with Gasteiger partial charge in [0.1, 0.15) is 0 Å². The highest BCUT2D eigenvalue weighted by atomic mass is 16.8. The molecule has 2 rings (SSSR count). The molecular formula is C26H50N4O4. The lowest BCUT2D eigenvalue weighted by Gasteiger charge is -2.51. The second-order valence-corrected chi connectivity index (χ2v) is 12.6. The van der Waals surface area contributed by atoms with Crippen LogP contribution >= 0.6 is 0 Å². The Labute approximate surface area is 207 Å².